The van der Waals surface area contributed by atoms with Crippen molar-refractivity contribution in [2.45, 2.75) is 46.1 Å². The number of methoxy groups -OCH3 is 1. The van der Waals surface area contributed by atoms with E-state index in [1.54, 1.807) is 7.11 Å². The lowest BCUT2D eigenvalue weighted by molar-refractivity contribution is 0.184. The van der Waals surface area contributed by atoms with Crippen LogP contribution < -0.4 is 5.32 Å². The van der Waals surface area contributed by atoms with E-state index in [0.717, 1.165) is 30.5 Å². The highest BCUT2D eigenvalue weighted by Crippen LogP contribution is 2.20. The van der Waals surface area contributed by atoms with Gasteiger partial charge in [-0.15, -0.1) is 5.10 Å². The largest absolute Gasteiger partial charge is 0.383 e. The van der Waals surface area contributed by atoms with Gasteiger partial charge in [-0.1, -0.05) is 20.8 Å². The molecule has 1 aromatic rings. The molecule has 0 aliphatic carbocycles. The molecule has 5 nitrogen and oxygen atoms in total. The second-order valence-corrected chi connectivity index (χ2v) is 4.37. The minimum absolute atomic E-state index is 0.142. The molecule has 104 valence electrons. The van der Waals surface area contributed by atoms with Crippen molar-refractivity contribution in [2.24, 2.45) is 0 Å². The molecule has 1 rings (SSSR count). The SMILES string of the molecule is CCc1nnc(NC(CC)COC)c(C#N)c1CC. The maximum absolute atomic E-state index is 9.38. The molecule has 1 unspecified atom stereocenters. The summed E-state index contributed by atoms with van der Waals surface area (Å²) < 4.78 is 5.15. The predicted molar refractivity (Wildman–Crippen MR) is 75.1 cm³/mol. The maximum Gasteiger partial charge on any atom is 0.167 e. The Morgan fingerprint density at radius 2 is 2.00 bits per heavy atom. The van der Waals surface area contributed by atoms with E-state index in [1.165, 1.54) is 0 Å². The Kier molecular flexibility index (Phi) is 6.23. The molecule has 0 fully saturated rings. The Bertz CT molecular complexity index is 453. The molecule has 1 aromatic heterocycles. The molecule has 0 aliphatic rings. The summed E-state index contributed by atoms with van der Waals surface area (Å²) in [5.74, 6) is 0.570. The van der Waals surface area contributed by atoms with Crippen LogP contribution in [-0.2, 0) is 17.6 Å². The Morgan fingerprint density at radius 1 is 1.26 bits per heavy atom. The zero-order valence-corrected chi connectivity index (χ0v) is 12.2. The third kappa shape index (κ3) is 3.65. The van der Waals surface area contributed by atoms with Gasteiger partial charge in [0.1, 0.15) is 11.6 Å². The number of nitrogens with zero attached hydrogens (tertiary/aromatic N) is 3. The van der Waals surface area contributed by atoms with Crippen molar-refractivity contribution in [2.75, 3.05) is 19.0 Å². The van der Waals surface area contributed by atoms with Crippen LogP contribution in [0.15, 0.2) is 0 Å². The molecule has 1 N–H and O–H groups in total. The Balaban J connectivity index is 3.11. The molecule has 0 aromatic carbocycles. The highest BCUT2D eigenvalue weighted by molar-refractivity contribution is 5.56. The van der Waals surface area contributed by atoms with Gasteiger partial charge in [0, 0.05) is 7.11 Å². The van der Waals surface area contributed by atoms with Gasteiger partial charge in [-0.25, -0.2) is 0 Å². The third-order valence-corrected chi connectivity index (χ3v) is 3.16. The van der Waals surface area contributed by atoms with Crippen molar-refractivity contribution in [1.29, 1.82) is 5.26 Å². The molecular formula is C14H22N4O. The predicted octanol–water partition coefficient (Wildman–Crippen LogP) is 2.31. The van der Waals surface area contributed by atoms with Crippen LogP contribution in [0.2, 0.25) is 0 Å². The summed E-state index contributed by atoms with van der Waals surface area (Å²) in [5, 5.41) is 21.0. The molecule has 0 spiro atoms. The van der Waals surface area contributed by atoms with Gasteiger partial charge in [-0.05, 0) is 24.8 Å². The van der Waals surface area contributed by atoms with Crippen LogP contribution in [0, 0.1) is 11.3 Å². The average molecular weight is 262 g/mol. The molecule has 0 saturated heterocycles. The first-order valence-corrected chi connectivity index (χ1v) is 6.75. The molecule has 5 heteroatoms. The molecule has 0 saturated carbocycles. The van der Waals surface area contributed by atoms with Crippen LogP contribution in [-0.4, -0.2) is 30.0 Å². The molecule has 1 atom stereocenters. The summed E-state index contributed by atoms with van der Waals surface area (Å²) in [6.07, 6.45) is 2.48. The number of ether oxygens (including phenoxy) is 1. The Labute approximate surface area is 115 Å². The van der Waals surface area contributed by atoms with Crippen LogP contribution in [0.4, 0.5) is 5.82 Å². The summed E-state index contributed by atoms with van der Waals surface area (Å²) in [7, 11) is 1.67. The van der Waals surface area contributed by atoms with Crippen molar-refractivity contribution in [3.63, 3.8) is 0 Å². The van der Waals surface area contributed by atoms with Gasteiger partial charge in [0.05, 0.1) is 18.3 Å². The second kappa shape index (κ2) is 7.70. The van der Waals surface area contributed by atoms with Crippen LogP contribution in [0.3, 0.4) is 0 Å². The van der Waals surface area contributed by atoms with Crippen molar-refractivity contribution in [3.8, 4) is 6.07 Å². The molecule has 0 aliphatic heterocycles. The van der Waals surface area contributed by atoms with Gasteiger partial charge >= 0.3 is 0 Å². The molecule has 0 bridgehead atoms. The topological polar surface area (TPSA) is 70.8 Å². The third-order valence-electron chi connectivity index (χ3n) is 3.16. The first-order chi connectivity index (χ1) is 9.21. The lowest BCUT2D eigenvalue weighted by atomic mass is 10.0. The zero-order chi connectivity index (χ0) is 14.3. The average Bonchev–Trinajstić information content (AvgIpc) is 2.45. The van der Waals surface area contributed by atoms with E-state index >= 15 is 0 Å². The van der Waals surface area contributed by atoms with Crippen molar-refractivity contribution >= 4 is 5.82 Å². The van der Waals surface area contributed by atoms with Gasteiger partial charge in [-0.2, -0.15) is 10.4 Å². The number of nitriles is 1. The Morgan fingerprint density at radius 3 is 2.47 bits per heavy atom. The summed E-state index contributed by atoms with van der Waals surface area (Å²) in [4.78, 5) is 0. The summed E-state index contributed by atoms with van der Waals surface area (Å²) in [6.45, 7) is 6.71. The van der Waals surface area contributed by atoms with Gasteiger partial charge in [0.25, 0.3) is 0 Å². The fourth-order valence-electron chi connectivity index (χ4n) is 2.05. The van der Waals surface area contributed by atoms with Crippen molar-refractivity contribution in [1.82, 2.24) is 10.2 Å². The molecule has 0 radical (unpaired) electrons. The number of aromatic nitrogens is 2. The second-order valence-electron chi connectivity index (χ2n) is 4.37. The van der Waals surface area contributed by atoms with Gasteiger partial charge in [0.15, 0.2) is 5.82 Å². The van der Waals surface area contributed by atoms with Gasteiger partial charge in [0.2, 0.25) is 0 Å². The highest BCUT2D eigenvalue weighted by Gasteiger charge is 2.16. The lowest BCUT2D eigenvalue weighted by Crippen LogP contribution is -2.25. The first kappa shape index (κ1) is 15.4. The van der Waals surface area contributed by atoms with E-state index in [0.29, 0.717) is 18.0 Å². The van der Waals surface area contributed by atoms with Crippen LogP contribution in [0.5, 0.6) is 0 Å². The van der Waals surface area contributed by atoms with Crippen molar-refractivity contribution in [3.05, 3.63) is 16.8 Å². The fraction of sp³-hybridized carbons (Fsp3) is 0.643. The quantitative estimate of drug-likeness (QED) is 0.816. The minimum atomic E-state index is 0.142. The zero-order valence-electron chi connectivity index (χ0n) is 12.2. The van der Waals surface area contributed by atoms with Gasteiger partial charge in [-0.3, -0.25) is 0 Å². The van der Waals surface area contributed by atoms with Crippen LogP contribution in [0.25, 0.3) is 0 Å². The highest BCUT2D eigenvalue weighted by atomic mass is 16.5. The van der Waals surface area contributed by atoms with E-state index in [1.807, 2.05) is 13.8 Å². The molecular weight excluding hydrogens is 240 g/mol. The van der Waals surface area contributed by atoms with Crippen LogP contribution >= 0.6 is 0 Å². The number of rotatable bonds is 7. The maximum atomic E-state index is 9.38. The van der Waals surface area contributed by atoms with Crippen molar-refractivity contribution < 1.29 is 4.74 Å². The monoisotopic (exact) mass is 262 g/mol. The number of aryl methyl sites for hydroxylation is 1. The van der Waals surface area contributed by atoms with E-state index in [9.17, 15) is 5.26 Å². The van der Waals surface area contributed by atoms with Gasteiger partial charge < -0.3 is 10.1 Å². The number of anilines is 1. The van der Waals surface area contributed by atoms with E-state index in [4.69, 9.17) is 4.74 Å². The molecule has 19 heavy (non-hydrogen) atoms. The fourth-order valence-corrected chi connectivity index (χ4v) is 2.05. The van der Waals surface area contributed by atoms with E-state index in [2.05, 4.69) is 28.5 Å². The molecule has 1 heterocycles. The first-order valence-electron chi connectivity index (χ1n) is 6.75. The summed E-state index contributed by atoms with van der Waals surface area (Å²) in [6, 6.07) is 2.40. The summed E-state index contributed by atoms with van der Waals surface area (Å²) >= 11 is 0. The smallest absolute Gasteiger partial charge is 0.167 e. The Hall–Kier alpha value is -1.67. The minimum Gasteiger partial charge on any atom is -0.383 e. The number of hydrogen-bond donors (Lipinski definition) is 1. The summed E-state index contributed by atoms with van der Waals surface area (Å²) in [5.41, 5.74) is 2.52. The van der Waals surface area contributed by atoms with Crippen LogP contribution in [0.1, 0.15) is 44.0 Å². The van der Waals surface area contributed by atoms with E-state index < -0.39 is 0 Å². The number of hydrogen-bond acceptors (Lipinski definition) is 5. The number of nitrogens with one attached hydrogen (secondary N) is 1. The lowest BCUT2D eigenvalue weighted by Gasteiger charge is -2.18. The normalized spacial score (nSPS) is 11.9. The standard InChI is InChI=1S/C14H22N4O/c1-5-10(9-19-4)16-14-12(8-15)11(6-2)13(7-3)17-18-14/h10H,5-7,9H2,1-4H3,(H,16,18). The molecule has 0 amide bonds. The van der Waals surface area contributed by atoms with E-state index in [-0.39, 0.29) is 6.04 Å².